The largest absolute Gasteiger partial charge is 0.508 e. The molecule has 0 bridgehead atoms. The van der Waals surface area contributed by atoms with Crippen LogP contribution in [0.15, 0.2) is 30.5 Å². The molecule has 20 heavy (non-hydrogen) atoms. The van der Waals surface area contributed by atoms with E-state index in [0.717, 1.165) is 29.6 Å². The summed E-state index contributed by atoms with van der Waals surface area (Å²) in [6.45, 7) is 0.727. The second-order valence-corrected chi connectivity index (χ2v) is 5.64. The molecule has 3 N–H and O–H groups in total. The van der Waals surface area contributed by atoms with Gasteiger partial charge in [-0.25, -0.2) is 4.98 Å². The summed E-state index contributed by atoms with van der Waals surface area (Å²) in [6, 6.07) is 7.85. The van der Waals surface area contributed by atoms with Gasteiger partial charge in [-0.05, 0) is 48.9 Å². The Kier molecular flexibility index (Phi) is 3.49. The lowest BCUT2D eigenvalue weighted by molar-refractivity contribution is 0.472. The van der Waals surface area contributed by atoms with E-state index in [4.69, 9.17) is 5.73 Å². The highest BCUT2D eigenvalue weighted by molar-refractivity contribution is 5.93. The quantitative estimate of drug-likeness (QED) is 0.900. The molecule has 3 rings (SSSR count). The van der Waals surface area contributed by atoms with Crippen molar-refractivity contribution < 1.29 is 5.11 Å². The molecule has 2 atom stereocenters. The third-order valence-electron chi connectivity index (χ3n) is 4.48. The topological polar surface area (TPSA) is 62.4 Å². The lowest BCUT2D eigenvalue weighted by Gasteiger charge is -2.31. The van der Waals surface area contributed by atoms with E-state index in [0.29, 0.717) is 12.0 Å². The van der Waals surface area contributed by atoms with Crippen molar-refractivity contribution >= 4 is 16.6 Å². The van der Waals surface area contributed by atoms with Crippen LogP contribution in [0.25, 0.3) is 10.8 Å². The number of hydrogen-bond donors (Lipinski definition) is 2. The van der Waals surface area contributed by atoms with Gasteiger partial charge in [-0.1, -0.05) is 12.5 Å². The summed E-state index contributed by atoms with van der Waals surface area (Å²) in [7, 11) is 2.09. The normalized spacial score (nSPS) is 22.3. The zero-order chi connectivity index (χ0) is 14.1. The molecular formula is C16H21N3O. The van der Waals surface area contributed by atoms with Crippen molar-refractivity contribution in [1.82, 2.24) is 4.98 Å². The van der Waals surface area contributed by atoms with Crippen LogP contribution in [0.2, 0.25) is 0 Å². The van der Waals surface area contributed by atoms with E-state index in [1.807, 2.05) is 18.3 Å². The van der Waals surface area contributed by atoms with Crippen LogP contribution in [-0.4, -0.2) is 29.7 Å². The molecule has 1 saturated carbocycles. The molecule has 2 unspecified atom stereocenters. The number of rotatable bonds is 3. The van der Waals surface area contributed by atoms with E-state index in [1.165, 1.54) is 12.8 Å². The van der Waals surface area contributed by atoms with Gasteiger partial charge in [0, 0.05) is 24.7 Å². The number of fused-ring (bicyclic) bond motifs is 1. The van der Waals surface area contributed by atoms with E-state index in [9.17, 15) is 5.11 Å². The van der Waals surface area contributed by atoms with Crippen molar-refractivity contribution in [1.29, 1.82) is 0 Å². The Morgan fingerprint density at radius 2 is 2.20 bits per heavy atom. The maximum Gasteiger partial charge on any atom is 0.136 e. The molecule has 1 aliphatic carbocycles. The highest BCUT2D eigenvalue weighted by atomic mass is 16.3. The number of aromatic nitrogens is 1. The maximum atomic E-state index is 9.73. The predicted octanol–water partition coefficient (Wildman–Crippen LogP) is 2.50. The van der Waals surface area contributed by atoms with Gasteiger partial charge in [0.05, 0.1) is 0 Å². The second-order valence-electron chi connectivity index (χ2n) is 5.64. The highest BCUT2D eigenvalue weighted by Gasteiger charge is 2.30. The molecule has 1 heterocycles. The van der Waals surface area contributed by atoms with Crippen molar-refractivity contribution in [2.24, 2.45) is 11.7 Å². The molecule has 4 heteroatoms. The summed E-state index contributed by atoms with van der Waals surface area (Å²) in [4.78, 5) is 6.78. The molecule has 0 saturated heterocycles. The van der Waals surface area contributed by atoms with Crippen LogP contribution in [0, 0.1) is 5.92 Å². The minimum atomic E-state index is 0.280. The van der Waals surface area contributed by atoms with E-state index in [-0.39, 0.29) is 5.75 Å². The van der Waals surface area contributed by atoms with Crippen LogP contribution in [0.3, 0.4) is 0 Å². The van der Waals surface area contributed by atoms with Crippen LogP contribution in [0.1, 0.15) is 19.3 Å². The van der Waals surface area contributed by atoms with Crippen LogP contribution in [0.4, 0.5) is 5.82 Å². The van der Waals surface area contributed by atoms with E-state index in [1.54, 1.807) is 12.1 Å². The Morgan fingerprint density at radius 3 is 3.00 bits per heavy atom. The number of aromatic hydroxyl groups is 1. The Balaban J connectivity index is 2.03. The molecule has 1 aromatic heterocycles. The molecule has 0 amide bonds. The Labute approximate surface area is 119 Å². The van der Waals surface area contributed by atoms with E-state index >= 15 is 0 Å². The number of benzene rings is 1. The van der Waals surface area contributed by atoms with Gasteiger partial charge in [0.15, 0.2) is 0 Å². The zero-order valence-electron chi connectivity index (χ0n) is 11.8. The summed E-state index contributed by atoms with van der Waals surface area (Å²) in [6.07, 6.45) is 5.42. The number of hydrogen-bond acceptors (Lipinski definition) is 4. The first-order valence-electron chi connectivity index (χ1n) is 7.21. The van der Waals surface area contributed by atoms with E-state index in [2.05, 4.69) is 16.9 Å². The average molecular weight is 271 g/mol. The molecule has 1 aromatic carbocycles. The summed E-state index contributed by atoms with van der Waals surface area (Å²) >= 11 is 0. The second kappa shape index (κ2) is 5.29. The minimum Gasteiger partial charge on any atom is -0.508 e. The fourth-order valence-electron chi connectivity index (χ4n) is 3.38. The maximum absolute atomic E-state index is 9.73. The number of nitrogens with zero attached hydrogens (tertiary/aromatic N) is 2. The van der Waals surface area contributed by atoms with Crippen LogP contribution < -0.4 is 10.6 Å². The monoisotopic (exact) mass is 271 g/mol. The number of anilines is 1. The molecular weight excluding hydrogens is 250 g/mol. The van der Waals surface area contributed by atoms with Gasteiger partial charge in [0.25, 0.3) is 0 Å². The van der Waals surface area contributed by atoms with Crippen LogP contribution in [0.5, 0.6) is 5.75 Å². The molecule has 1 fully saturated rings. The fourth-order valence-corrected chi connectivity index (χ4v) is 3.38. The predicted molar refractivity (Wildman–Crippen MR) is 82.0 cm³/mol. The number of nitrogens with two attached hydrogens (primary N) is 1. The number of phenolic OH excluding ortho intramolecular Hbond substituents is 1. The summed E-state index contributed by atoms with van der Waals surface area (Å²) < 4.78 is 0. The van der Waals surface area contributed by atoms with Crippen molar-refractivity contribution in [3.8, 4) is 5.75 Å². The smallest absolute Gasteiger partial charge is 0.136 e. The van der Waals surface area contributed by atoms with Gasteiger partial charge in [0.1, 0.15) is 11.6 Å². The van der Waals surface area contributed by atoms with Gasteiger partial charge in [-0.15, -0.1) is 0 Å². The third kappa shape index (κ3) is 2.20. The molecule has 106 valence electrons. The standard InChI is InChI=1S/C16H21N3O/c1-19(15-4-2-3-12(15)10-17)16-14-9-13(20)6-5-11(14)7-8-18-16/h5-9,12,15,20H,2-4,10,17H2,1H3. The van der Waals surface area contributed by atoms with Gasteiger partial charge in [0.2, 0.25) is 0 Å². The minimum absolute atomic E-state index is 0.280. The number of phenols is 1. The van der Waals surface area contributed by atoms with Crippen molar-refractivity contribution in [2.45, 2.75) is 25.3 Å². The Hall–Kier alpha value is -1.81. The SMILES string of the molecule is CN(c1nccc2ccc(O)cc12)C1CCCC1CN. The average Bonchev–Trinajstić information content (AvgIpc) is 2.94. The zero-order valence-corrected chi connectivity index (χ0v) is 11.8. The number of pyridine rings is 1. The van der Waals surface area contributed by atoms with Gasteiger partial charge < -0.3 is 15.7 Å². The first kappa shape index (κ1) is 13.2. The lowest BCUT2D eigenvalue weighted by Crippen LogP contribution is -2.38. The summed E-state index contributed by atoms with van der Waals surface area (Å²) in [5, 5.41) is 11.8. The highest BCUT2D eigenvalue weighted by Crippen LogP contribution is 2.34. The molecule has 0 aliphatic heterocycles. The molecule has 0 radical (unpaired) electrons. The third-order valence-corrected chi connectivity index (χ3v) is 4.48. The van der Waals surface area contributed by atoms with Crippen molar-refractivity contribution in [3.63, 3.8) is 0 Å². The first-order chi connectivity index (χ1) is 9.70. The van der Waals surface area contributed by atoms with E-state index < -0.39 is 0 Å². The molecule has 1 aliphatic rings. The summed E-state index contributed by atoms with van der Waals surface area (Å²) in [5.41, 5.74) is 5.89. The molecule has 0 spiro atoms. The first-order valence-corrected chi connectivity index (χ1v) is 7.21. The van der Waals surface area contributed by atoms with Gasteiger partial charge in [-0.2, -0.15) is 0 Å². The Morgan fingerprint density at radius 1 is 1.35 bits per heavy atom. The fraction of sp³-hybridized carbons (Fsp3) is 0.438. The molecule has 2 aromatic rings. The lowest BCUT2D eigenvalue weighted by atomic mass is 10.0. The van der Waals surface area contributed by atoms with Crippen molar-refractivity contribution in [3.05, 3.63) is 30.5 Å². The summed E-state index contributed by atoms with van der Waals surface area (Å²) in [5.74, 6) is 1.75. The Bertz CT molecular complexity index is 614. The van der Waals surface area contributed by atoms with Crippen LogP contribution >= 0.6 is 0 Å². The molecule has 4 nitrogen and oxygen atoms in total. The van der Waals surface area contributed by atoms with Gasteiger partial charge in [-0.3, -0.25) is 0 Å². The van der Waals surface area contributed by atoms with Crippen LogP contribution in [-0.2, 0) is 0 Å². The van der Waals surface area contributed by atoms with Gasteiger partial charge >= 0.3 is 0 Å². The van der Waals surface area contributed by atoms with Crippen molar-refractivity contribution in [2.75, 3.05) is 18.5 Å².